The first kappa shape index (κ1) is 17.9. The zero-order chi connectivity index (χ0) is 19.5. The fraction of sp³-hybridized carbons (Fsp3) is 0.300. The van der Waals surface area contributed by atoms with Crippen LogP contribution >= 0.6 is 0 Å². The van der Waals surface area contributed by atoms with Crippen molar-refractivity contribution in [2.45, 2.75) is 26.3 Å². The number of aromatic nitrogens is 4. The highest BCUT2D eigenvalue weighted by atomic mass is 16.3. The zero-order valence-corrected chi connectivity index (χ0v) is 15.6. The molecular weight excluding hydrogens is 354 g/mol. The maximum Gasteiger partial charge on any atom is 0.228 e. The van der Waals surface area contributed by atoms with E-state index in [2.05, 4.69) is 37.8 Å². The molecule has 3 N–H and O–H groups in total. The summed E-state index contributed by atoms with van der Waals surface area (Å²) in [5.41, 5.74) is 5.23. The minimum Gasteiger partial charge on any atom is -0.396 e. The summed E-state index contributed by atoms with van der Waals surface area (Å²) in [6, 6.07) is 9.97. The molecule has 0 radical (unpaired) electrons. The standard InChI is InChI=1S/C20H21N7O/c1-13-9-18(27(26-13)7-2-8-28)25-20-23-6-4-17(24-20)15-10-14-3-5-22-19(14)16(11-15)12-21/h4,6,9-11,22,28H,2-3,5,7-8H2,1H3,(H,23,24,25). The number of nitrogens with zero attached hydrogens (tertiary/aromatic N) is 5. The van der Waals surface area contributed by atoms with Crippen LogP contribution in [0.15, 0.2) is 30.5 Å². The third-order valence-electron chi connectivity index (χ3n) is 4.66. The van der Waals surface area contributed by atoms with Crippen molar-refractivity contribution in [1.82, 2.24) is 19.7 Å². The van der Waals surface area contributed by atoms with E-state index < -0.39 is 0 Å². The van der Waals surface area contributed by atoms with Gasteiger partial charge in [0, 0.05) is 37.5 Å². The van der Waals surface area contributed by atoms with Crippen LogP contribution in [0.5, 0.6) is 0 Å². The van der Waals surface area contributed by atoms with Gasteiger partial charge in [0.15, 0.2) is 0 Å². The number of hydrogen-bond acceptors (Lipinski definition) is 7. The highest BCUT2D eigenvalue weighted by Crippen LogP contribution is 2.32. The van der Waals surface area contributed by atoms with Crippen molar-refractivity contribution in [2.75, 3.05) is 23.8 Å². The van der Waals surface area contributed by atoms with Gasteiger partial charge >= 0.3 is 0 Å². The molecule has 1 aromatic carbocycles. The van der Waals surface area contributed by atoms with Gasteiger partial charge in [-0.2, -0.15) is 10.4 Å². The normalized spacial score (nSPS) is 12.3. The highest BCUT2D eigenvalue weighted by Gasteiger charge is 2.17. The summed E-state index contributed by atoms with van der Waals surface area (Å²) in [6.07, 6.45) is 3.22. The molecule has 8 heteroatoms. The average Bonchev–Trinajstić information content (AvgIpc) is 3.32. The first-order valence-electron chi connectivity index (χ1n) is 9.24. The van der Waals surface area contributed by atoms with Crippen molar-refractivity contribution in [3.63, 3.8) is 0 Å². The van der Waals surface area contributed by atoms with Crippen LogP contribution < -0.4 is 10.6 Å². The zero-order valence-electron chi connectivity index (χ0n) is 15.6. The number of rotatable bonds is 6. The minimum absolute atomic E-state index is 0.110. The Balaban J connectivity index is 1.64. The molecule has 2 aromatic heterocycles. The summed E-state index contributed by atoms with van der Waals surface area (Å²) in [6.45, 7) is 3.48. The van der Waals surface area contributed by atoms with Crippen molar-refractivity contribution in [3.05, 3.63) is 47.3 Å². The second kappa shape index (κ2) is 7.66. The first-order valence-corrected chi connectivity index (χ1v) is 9.24. The Morgan fingerprint density at radius 1 is 1.36 bits per heavy atom. The molecule has 3 aromatic rings. The SMILES string of the molecule is Cc1cc(Nc2nccc(-c3cc(C#N)c4c(c3)CCN4)n2)n(CCCO)n1. The number of nitriles is 1. The lowest BCUT2D eigenvalue weighted by molar-refractivity contribution is 0.277. The summed E-state index contributed by atoms with van der Waals surface area (Å²) in [4.78, 5) is 8.94. The van der Waals surface area contributed by atoms with Gasteiger partial charge in [-0.1, -0.05) is 0 Å². The maximum absolute atomic E-state index is 9.46. The van der Waals surface area contributed by atoms with Crippen molar-refractivity contribution in [1.29, 1.82) is 5.26 Å². The van der Waals surface area contributed by atoms with Gasteiger partial charge < -0.3 is 15.7 Å². The van der Waals surface area contributed by atoms with Crippen LogP contribution in [0, 0.1) is 18.3 Å². The van der Waals surface area contributed by atoms with Crippen LogP contribution in [0.1, 0.15) is 23.2 Å². The molecule has 0 aliphatic carbocycles. The molecule has 1 aliphatic heterocycles. The van der Waals surface area contributed by atoms with E-state index >= 15 is 0 Å². The predicted octanol–water partition coefficient (Wildman–Crippen LogP) is 2.61. The molecule has 142 valence electrons. The number of fused-ring (bicyclic) bond motifs is 1. The Morgan fingerprint density at radius 2 is 2.25 bits per heavy atom. The largest absolute Gasteiger partial charge is 0.396 e. The second-order valence-electron chi connectivity index (χ2n) is 6.71. The van der Waals surface area contributed by atoms with Crippen LogP contribution in [0.25, 0.3) is 11.3 Å². The van der Waals surface area contributed by atoms with Gasteiger partial charge in [0.2, 0.25) is 5.95 Å². The van der Waals surface area contributed by atoms with Gasteiger partial charge in [-0.05, 0) is 43.5 Å². The van der Waals surface area contributed by atoms with Gasteiger partial charge in [-0.3, -0.25) is 0 Å². The van der Waals surface area contributed by atoms with E-state index in [9.17, 15) is 5.26 Å². The van der Waals surface area contributed by atoms with E-state index in [1.165, 1.54) is 0 Å². The monoisotopic (exact) mass is 375 g/mol. The van der Waals surface area contributed by atoms with Crippen LogP contribution in [0.4, 0.5) is 17.5 Å². The molecule has 0 bridgehead atoms. The molecule has 0 saturated carbocycles. The number of nitrogens with one attached hydrogen (secondary N) is 2. The summed E-state index contributed by atoms with van der Waals surface area (Å²) in [5.74, 6) is 1.23. The van der Waals surface area contributed by atoms with E-state index in [0.29, 0.717) is 24.5 Å². The lowest BCUT2D eigenvalue weighted by Gasteiger charge is -2.10. The fourth-order valence-electron chi connectivity index (χ4n) is 3.40. The number of anilines is 3. The molecule has 0 spiro atoms. The molecule has 28 heavy (non-hydrogen) atoms. The van der Waals surface area contributed by atoms with Gasteiger partial charge in [-0.15, -0.1) is 0 Å². The number of benzene rings is 1. The molecule has 4 rings (SSSR count). The van der Waals surface area contributed by atoms with Gasteiger partial charge in [0.1, 0.15) is 11.9 Å². The van der Waals surface area contributed by atoms with E-state index in [1.54, 1.807) is 10.9 Å². The molecule has 1 aliphatic rings. The molecule has 0 fully saturated rings. The quantitative estimate of drug-likeness (QED) is 0.607. The van der Waals surface area contributed by atoms with Crippen molar-refractivity contribution >= 4 is 17.5 Å². The molecule has 0 amide bonds. The average molecular weight is 375 g/mol. The van der Waals surface area contributed by atoms with Crippen LogP contribution in [-0.4, -0.2) is 38.0 Å². The lowest BCUT2D eigenvalue weighted by atomic mass is 10.0. The van der Waals surface area contributed by atoms with Gasteiger partial charge in [0.25, 0.3) is 0 Å². The Kier molecular flexibility index (Phi) is 4.91. The highest BCUT2D eigenvalue weighted by molar-refractivity contribution is 5.74. The van der Waals surface area contributed by atoms with Crippen molar-refractivity contribution in [3.8, 4) is 17.3 Å². The van der Waals surface area contributed by atoms with E-state index in [0.717, 1.165) is 47.0 Å². The minimum atomic E-state index is 0.110. The third-order valence-corrected chi connectivity index (χ3v) is 4.66. The van der Waals surface area contributed by atoms with Gasteiger partial charge in [-0.25, -0.2) is 14.6 Å². The third kappa shape index (κ3) is 3.52. The van der Waals surface area contributed by atoms with Crippen LogP contribution in [0.3, 0.4) is 0 Å². The topological polar surface area (TPSA) is 112 Å². The maximum atomic E-state index is 9.46. The fourth-order valence-corrected chi connectivity index (χ4v) is 3.40. The predicted molar refractivity (Wildman–Crippen MR) is 106 cm³/mol. The first-order chi connectivity index (χ1) is 13.7. The lowest BCUT2D eigenvalue weighted by Crippen LogP contribution is -2.08. The summed E-state index contributed by atoms with van der Waals surface area (Å²) in [7, 11) is 0. The van der Waals surface area contributed by atoms with E-state index in [4.69, 9.17) is 5.11 Å². The Morgan fingerprint density at radius 3 is 3.07 bits per heavy atom. The Hall–Kier alpha value is -3.44. The molecular formula is C20H21N7O. The number of aliphatic hydroxyl groups is 1. The van der Waals surface area contributed by atoms with E-state index in [-0.39, 0.29) is 6.61 Å². The molecule has 8 nitrogen and oxygen atoms in total. The molecule has 0 unspecified atom stereocenters. The summed E-state index contributed by atoms with van der Waals surface area (Å²) < 4.78 is 1.80. The van der Waals surface area contributed by atoms with Crippen LogP contribution in [-0.2, 0) is 13.0 Å². The number of hydrogen-bond donors (Lipinski definition) is 3. The van der Waals surface area contributed by atoms with Gasteiger partial charge in [0.05, 0.1) is 22.6 Å². The molecule has 0 saturated heterocycles. The van der Waals surface area contributed by atoms with Crippen molar-refractivity contribution in [2.24, 2.45) is 0 Å². The second-order valence-corrected chi connectivity index (χ2v) is 6.71. The Bertz CT molecular complexity index is 1050. The summed E-state index contributed by atoms with van der Waals surface area (Å²) in [5, 5.41) is 29.5. The number of aliphatic hydroxyl groups excluding tert-OH is 1. The molecule has 3 heterocycles. The van der Waals surface area contributed by atoms with Crippen LogP contribution in [0.2, 0.25) is 0 Å². The molecule has 0 atom stereocenters. The Labute approximate surface area is 162 Å². The van der Waals surface area contributed by atoms with E-state index in [1.807, 2.05) is 25.1 Å². The van der Waals surface area contributed by atoms with Crippen molar-refractivity contribution < 1.29 is 5.11 Å². The summed E-state index contributed by atoms with van der Waals surface area (Å²) >= 11 is 0. The smallest absolute Gasteiger partial charge is 0.228 e. The number of aryl methyl sites for hydroxylation is 2.